The third kappa shape index (κ3) is 9.92. The van der Waals surface area contributed by atoms with E-state index in [4.69, 9.17) is 5.73 Å². The van der Waals surface area contributed by atoms with Crippen LogP contribution >= 0.6 is 0 Å². The third-order valence-corrected chi connectivity index (χ3v) is 2.89. The van der Waals surface area contributed by atoms with Crippen LogP contribution in [0.4, 0.5) is 0 Å². The van der Waals surface area contributed by atoms with E-state index in [0.717, 1.165) is 12.8 Å². The minimum absolute atomic E-state index is 0.123. The molecule has 0 fully saturated rings. The number of unbranched alkanes of at least 4 members (excludes halogenated alkanes) is 7. The van der Waals surface area contributed by atoms with Gasteiger partial charge in [-0.1, -0.05) is 58.3 Å². The van der Waals surface area contributed by atoms with Crippen molar-refractivity contribution < 1.29 is 4.79 Å². The van der Waals surface area contributed by atoms with Crippen molar-refractivity contribution in [3.05, 3.63) is 0 Å². The monoisotopic (exact) mass is 213 g/mol. The smallest absolute Gasteiger partial charge is 0.146 e. The Morgan fingerprint density at radius 1 is 1.00 bits per heavy atom. The first-order valence-electron chi connectivity index (χ1n) is 6.44. The Labute approximate surface area is 94.6 Å². The summed E-state index contributed by atoms with van der Waals surface area (Å²) in [4.78, 5) is 10.9. The zero-order valence-corrected chi connectivity index (χ0v) is 10.4. The normalized spacial score (nSPS) is 12.7. The van der Waals surface area contributed by atoms with Crippen LogP contribution in [-0.2, 0) is 4.79 Å². The van der Waals surface area contributed by atoms with Gasteiger partial charge in [0.15, 0.2) is 0 Å². The third-order valence-electron chi connectivity index (χ3n) is 2.89. The summed E-state index contributed by atoms with van der Waals surface area (Å²) < 4.78 is 0. The summed E-state index contributed by atoms with van der Waals surface area (Å²) in [5.41, 5.74) is 5.65. The maximum atomic E-state index is 10.9. The first-order chi connectivity index (χ1) is 7.18. The number of carbonyl (C=O) groups excluding carboxylic acids is 1. The highest BCUT2D eigenvalue weighted by Gasteiger charge is 2.06. The van der Waals surface area contributed by atoms with Gasteiger partial charge in [-0.25, -0.2) is 0 Å². The molecule has 0 heterocycles. The van der Waals surface area contributed by atoms with Gasteiger partial charge in [-0.3, -0.25) is 4.79 Å². The second kappa shape index (κ2) is 10.2. The van der Waals surface area contributed by atoms with E-state index in [0.29, 0.717) is 0 Å². The Kier molecular flexibility index (Phi) is 9.91. The van der Waals surface area contributed by atoms with Crippen LogP contribution in [0, 0.1) is 0 Å². The number of ketones is 1. The van der Waals surface area contributed by atoms with Gasteiger partial charge in [-0.2, -0.15) is 0 Å². The molecule has 0 aliphatic carbocycles. The van der Waals surface area contributed by atoms with E-state index < -0.39 is 0 Å². The van der Waals surface area contributed by atoms with Gasteiger partial charge in [0.25, 0.3) is 0 Å². The second-order valence-electron chi connectivity index (χ2n) is 4.48. The first kappa shape index (κ1) is 14.6. The van der Waals surface area contributed by atoms with Gasteiger partial charge in [0.2, 0.25) is 0 Å². The van der Waals surface area contributed by atoms with Crippen LogP contribution in [0.5, 0.6) is 0 Å². The predicted octanol–water partition coefficient (Wildman–Crippen LogP) is 3.43. The lowest BCUT2D eigenvalue weighted by Crippen LogP contribution is -2.27. The average Bonchev–Trinajstić information content (AvgIpc) is 2.21. The molecule has 0 aromatic rings. The van der Waals surface area contributed by atoms with Crippen LogP contribution in [0.15, 0.2) is 0 Å². The Balaban J connectivity index is 3.08. The highest BCUT2D eigenvalue weighted by atomic mass is 16.1. The molecule has 15 heavy (non-hydrogen) atoms. The minimum atomic E-state index is -0.218. The molecule has 0 saturated carbocycles. The van der Waals surface area contributed by atoms with Crippen molar-refractivity contribution in [2.75, 3.05) is 0 Å². The lowest BCUT2D eigenvalue weighted by Gasteiger charge is -2.06. The Bertz CT molecular complexity index is 157. The van der Waals surface area contributed by atoms with E-state index >= 15 is 0 Å². The molecule has 0 rings (SSSR count). The van der Waals surface area contributed by atoms with E-state index in [1.807, 2.05) is 0 Å². The predicted molar refractivity (Wildman–Crippen MR) is 65.9 cm³/mol. The summed E-state index contributed by atoms with van der Waals surface area (Å²) in [5.74, 6) is 0.123. The van der Waals surface area contributed by atoms with E-state index in [1.165, 1.54) is 44.9 Å². The molecule has 1 atom stereocenters. The van der Waals surface area contributed by atoms with Crippen molar-refractivity contribution in [3.63, 3.8) is 0 Å². The van der Waals surface area contributed by atoms with Crippen LogP contribution in [0.2, 0.25) is 0 Å². The molecule has 1 unspecified atom stereocenters. The lowest BCUT2D eigenvalue weighted by molar-refractivity contribution is -0.118. The first-order valence-corrected chi connectivity index (χ1v) is 6.44. The summed E-state index contributed by atoms with van der Waals surface area (Å²) in [6, 6.07) is -0.218. The maximum absolute atomic E-state index is 10.9. The summed E-state index contributed by atoms with van der Waals surface area (Å²) in [5, 5.41) is 0. The van der Waals surface area contributed by atoms with E-state index in [-0.39, 0.29) is 11.8 Å². The van der Waals surface area contributed by atoms with E-state index in [9.17, 15) is 4.79 Å². The summed E-state index contributed by atoms with van der Waals surface area (Å²) in [7, 11) is 0. The van der Waals surface area contributed by atoms with Crippen LogP contribution in [0.25, 0.3) is 0 Å². The molecular formula is C13H27NO. The number of nitrogens with two attached hydrogens (primary N) is 1. The Morgan fingerprint density at radius 3 is 1.93 bits per heavy atom. The molecule has 2 nitrogen and oxygen atoms in total. The molecule has 90 valence electrons. The van der Waals surface area contributed by atoms with Gasteiger partial charge >= 0.3 is 0 Å². The zero-order chi connectivity index (χ0) is 11.5. The van der Waals surface area contributed by atoms with Crippen molar-refractivity contribution in [2.24, 2.45) is 5.73 Å². The largest absolute Gasteiger partial charge is 0.322 e. The number of Topliss-reactive ketones (excluding diaryl/α,β-unsaturated/α-hetero) is 1. The Morgan fingerprint density at radius 2 is 1.47 bits per heavy atom. The number of hydrogen-bond donors (Lipinski definition) is 1. The van der Waals surface area contributed by atoms with Gasteiger partial charge in [-0.15, -0.1) is 0 Å². The van der Waals surface area contributed by atoms with Crippen molar-refractivity contribution >= 4 is 5.78 Å². The zero-order valence-electron chi connectivity index (χ0n) is 10.4. The van der Waals surface area contributed by atoms with Crippen LogP contribution in [0.3, 0.4) is 0 Å². The summed E-state index contributed by atoms with van der Waals surface area (Å²) >= 11 is 0. The molecule has 0 aromatic carbocycles. The van der Waals surface area contributed by atoms with Gasteiger partial charge in [0, 0.05) is 0 Å². The minimum Gasteiger partial charge on any atom is -0.322 e. The summed E-state index contributed by atoms with van der Waals surface area (Å²) in [6.07, 6.45) is 11.3. The standard InChI is InChI=1S/C13H27NO/c1-3-4-5-6-7-8-9-10-11-13(14)12(2)15/h13H,3-11,14H2,1-2H3. The molecule has 0 bridgehead atoms. The SMILES string of the molecule is CCCCCCCCCCC(N)C(C)=O. The van der Waals surface area contributed by atoms with Gasteiger partial charge in [0.1, 0.15) is 5.78 Å². The summed E-state index contributed by atoms with van der Waals surface area (Å²) in [6.45, 7) is 3.82. The maximum Gasteiger partial charge on any atom is 0.146 e. The van der Waals surface area contributed by atoms with Crippen molar-refractivity contribution in [2.45, 2.75) is 77.7 Å². The number of rotatable bonds is 10. The molecule has 0 saturated heterocycles. The van der Waals surface area contributed by atoms with Gasteiger partial charge in [-0.05, 0) is 13.3 Å². The topological polar surface area (TPSA) is 43.1 Å². The molecule has 0 radical (unpaired) electrons. The molecule has 2 heteroatoms. The molecular weight excluding hydrogens is 186 g/mol. The van der Waals surface area contributed by atoms with Gasteiger partial charge in [0.05, 0.1) is 6.04 Å². The second-order valence-corrected chi connectivity index (χ2v) is 4.48. The van der Waals surface area contributed by atoms with Crippen LogP contribution in [0.1, 0.15) is 71.6 Å². The fourth-order valence-corrected chi connectivity index (χ4v) is 1.70. The number of carbonyl (C=O) groups is 1. The number of hydrogen-bond acceptors (Lipinski definition) is 2. The molecule has 0 aliphatic rings. The fourth-order valence-electron chi connectivity index (χ4n) is 1.70. The molecule has 0 amide bonds. The van der Waals surface area contributed by atoms with Crippen molar-refractivity contribution in [3.8, 4) is 0 Å². The van der Waals surface area contributed by atoms with Gasteiger partial charge < -0.3 is 5.73 Å². The molecule has 2 N–H and O–H groups in total. The lowest BCUT2D eigenvalue weighted by atomic mass is 10.0. The molecule has 0 spiro atoms. The molecule has 0 aliphatic heterocycles. The van der Waals surface area contributed by atoms with Crippen LogP contribution < -0.4 is 5.73 Å². The highest BCUT2D eigenvalue weighted by Crippen LogP contribution is 2.10. The highest BCUT2D eigenvalue weighted by molar-refractivity contribution is 5.80. The average molecular weight is 213 g/mol. The van der Waals surface area contributed by atoms with E-state index in [1.54, 1.807) is 6.92 Å². The van der Waals surface area contributed by atoms with Crippen LogP contribution in [-0.4, -0.2) is 11.8 Å². The van der Waals surface area contributed by atoms with E-state index in [2.05, 4.69) is 6.92 Å². The van der Waals surface area contributed by atoms with Crippen molar-refractivity contribution in [1.29, 1.82) is 0 Å². The molecule has 0 aromatic heterocycles. The fraction of sp³-hybridized carbons (Fsp3) is 0.923. The van der Waals surface area contributed by atoms with Crippen molar-refractivity contribution in [1.82, 2.24) is 0 Å². The Hall–Kier alpha value is -0.370. The quantitative estimate of drug-likeness (QED) is 0.565.